The smallest absolute Gasteiger partial charge is 0.242 e. The number of unbranched alkanes of at least 4 members (excludes halogenated alkanes) is 29. The molecule has 0 fully saturated rings. The maximum Gasteiger partial charge on any atom is 0.242 e. The summed E-state index contributed by atoms with van der Waals surface area (Å²) >= 11 is 0. The van der Waals surface area contributed by atoms with Gasteiger partial charge in [-0.1, -0.05) is 329 Å². The van der Waals surface area contributed by atoms with Crippen LogP contribution in [0.15, 0.2) is 121 Å². The summed E-state index contributed by atoms with van der Waals surface area (Å²) in [6, 6.07) is 38.1. The highest BCUT2D eigenvalue weighted by atomic mass is 16.5. The van der Waals surface area contributed by atoms with E-state index in [0.29, 0.717) is 77.4 Å². The van der Waals surface area contributed by atoms with E-state index >= 15 is 33.6 Å². The highest BCUT2D eigenvalue weighted by molar-refractivity contribution is 5.94. The predicted octanol–water partition coefficient (Wildman–Crippen LogP) is 14.0. The molecule has 0 bridgehead atoms. The van der Waals surface area contributed by atoms with E-state index < -0.39 is 85.9 Å². The van der Waals surface area contributed by atoms with E-state index in [0.717, 1.165) is 183 Å². The van der Waals surface area contributed by atoms with E-state index in [1.54, 1.807) is 16.9 Å². The molecule has 0 saturated carbocycles. The topological polar surface area (TPSA) is 307 Å². The lowest BCUT2D eigenvalue weighted by molar-refractivity contribution is -0.149. The molecule has 0 heterocycles. The summed E-state index contributed by atoms with van der Waals surface area (Å²) in [4.78, 5) is 178. The summed E-state index contributed by atoms with van der Waals surface area (Å²) in [5.74, 6) is -5.37. The number of ether oxygens (including phenoxy) is 1. The Labute approximate surface area is 764 Å². The van der Waals surface area contributed by atoms with Gasteiger partial charge in [0, 0.05) is 98.7 Å². The van der Waals surface area contributed by atoms with Gasteiger partial charge in [-0.15, -0.1) is 0 Å². The van der Waals surface area contributed by atoms with E-state index in [2.05, 4.69) is 27.7 Å². The lowest BCUT2D eigenvalue weighted by Crippen LogP contribution is -2.53. The monoisotopic (exact) mass is 1760 g/mol. The number of hydrogen-bond donors (Lipinski definition) is 3. The number of rotatable bonds is 77. The fourth-order valence-corrected chi connectivity index (χ4v) is 15.9. The Bertz CT molecular complexity index is 3640. The van der Waals surface area contributed by atoms with Crippen molar-refractivity contribution in [2.75, 3.05) is 158 Å². The maximum atomic E-state index is 15.7. The molecule has 0 aliphatic heterocycles. The molecule has 4 aromatic rings. The number of methoxy groups -OCH3 is 1. The van der Waals surface area contributed by atoms with E-state index in [4.69, 9.17) is 21.9 Å². The minimum absolute atomic E-state index is 0.0263. The second-order valence-corrected chi connectivity index (χ2v) is 34.5. The number of carbonyl (C=O) groups excluding carboxylic acids is 11. The Hall–Kier alpha value is -9.07. The molecule has 6 N–H and O–H groups in total. The largest absolute Gasteiger partial charge is 0.385 e. The van der Waals surface area contributed by atoms with Crippen molar-refractivity contribution in [3.8, 4) is 0 Å². The van der Waals surface area contributed by atoms with Crippen molar-refractivity contribution in [1.29, 1.82) is 0 Å². The number of amides is 11. The zero-order valence-electron chi connectivity index (χ0n) is 79.0. The third-order valence-electron chi connectivity index (χ3n) is 23.8. The number of nitrogens with two attached hydrogens (primary N) is 3. The van der Waals surface area contributed by atoms with Gasteiger partial charge >= 0.3 is 0 Å². The van der Waals surface area contributed by atoms with Crippen molar-refractivity contribution >= 4 is 65.0 Å². The minimum atomic E-state index is -0.638. The molecule has 0 aliphatic carbocycles. The van der Waals surface area contributed by atoms with E-state index in [-0.39, 0.29) is 123 Å². The van der Waals surface area contributed by atoms with Crippen LogP contribution in [0.4, 0.5) is 0 Å². The minimum Gasteiger partial charge on any atom is -0.385 e. The maximum absolute atomic E-state index is 15.7. The zero-order chi connectivity index (χ0) is 92.1. The fourth-order valence-electron chi connectivity index (χ4n) is 15.9. The van der Waals surface area contributed by atoms with E-state index in [9.17, 15) is 19.2 Å². The van der Waals surface area contributed by atoms with Crippen LogP contribution >= 0.6 is 0 Å². The molecule has 710 valence electrons. The molecule has 0 aliphatic rings. The molecule has 0 aromatic heterocycles. The SMILES string of the molecule is CCCCCCCCCCN(CC(N)=O)C(=O)CN(CCCCCCCCCC)C(=O)CN(CCCCCCCCCC)C(=O)CN(CCCCCCCCCC)C(=O)CN(CCc1ccccc1)C(=O)CN(CCc1ccccc1)C(=O)CN(CCN)C(=O)CN(CCc1ccccc1)C(=O)CN(CCc1ccccc1)C(=O)CN(CCN)C(=O)CCCCOC. The molecular weight excluding hydrogens is 1600 g/mol. The first kappa shape index (κ1) is 110. The Morgan fingerprint density at radius 1 is 0.228 bits per heavy atom. The number of hydrogen-bond acceptors (Lipinski definition) is 14. The number of carbonyl (C=O) groups is 11. The molecule has 127 heavy (non-hydrogen) atoms. The molecule has 0 radical (unpaired) electrons. The van der Waals surface area contributed by atoms with Gasteiger partial charge in [-0.25, -0.2) is 0 Å². The Balaban J connectivity index is 1.77. The Morgan fingerprint density at radius 3 is 0.622 bits per heavy atom. The third kappa shape index (κ3) is 50.5. The quantitative estimate of drug-likeness (QED) is 0.0346. The second kappa shape index (κ2) is 70.9. The number of benzene rings is 4. The molecule has 0 saturated heterocycles. The summed E-state index contributed by atoms with van der Waals surface area (Å²) in [7, 11) is 1.59. The van der Waals surface area contributed by atoms with Crippen molar-refractivity contribution in [1.82, 2.24) is 49.0 Å². The summed E-state index contributed by atoms with van der Waals surface area (Å²) in [5, 5.41) is 0. The summed E-state index contributed by atoms with van der Waals surface area (Å²) in [5.41, 5.74) is 21.7. The van der Waals surface area contributed by atoms with Crippen molar-refractivity contribution < 1.29 is 57.5 Å². The van der Waals surface area contributed by atoms with Crippen LogP contribution in [0, 0.1) is 0 Å². The second-order valence-electron chi connectivity index (χ2n) is 34.5. The number of nitrogens with zero attached hydrogens (tertiary/aromatic N) is 10. The number of primary amides is 1. The molecule has 25 nitrogen and oxygen atoms in total. The fraction of sp³-hybridized carbons (Fsp3) is 0.657. The van der Waals surface area contributed by atoms with Crippen molar-refractivity contribution in [3.63, 3.8) is 0 Å². The van der Waals surface area contributed by atoms with Gasteiger partial charge in [-0.2, -0.15) is 0 Å². The lowest BCUT2D eigenvalue weighted by Gasteiger charge is -2.33. The van der Waals surface area contributed by atoms with Gasteiger partial charge in [0.2, 0.25) is 65.0 Å². The van der Waals surface area contributed by atoms with Crippen molar-refractivity contribution in [3.05, 3.63) is 144 Å². The lowest BCUT2D eigenvalue weighted by atomic mass is 10.1. The molecule has 11 amide bonds. The molecule has 25 heteroatoms. The van der Waals surface area contributed by atoms with Crippen LogP contribution in [0.2, 0.25) is 0 Å². The van der Waals surface area contributed by atoms with Crippen molar-refractivity contribution in [2.24, 2.45) is 17.2 Å². The van der Waals surface area contributed by atoms with Crippen LogP contribution < -0.4 is 17.2 Å². The summed E-state index contributed by atoms with van der Waals surface area (Å²) in [6.07, 6.45) is 34.9. The highest BCUT2D eigenvalue weighted by Crippen LogP contribution is 2.19. The molecule has 0 spiro atoms. The average Bonchev–Trinajstić information content (AvgIpc) is 0.848. The van der Waals surface area contributed by atoms with Crippen LogP contribution in [-0.2, 0) is 83.2 Å². The average molecular weight is 1770 g/mol. The zero-order valence-corrected chi connectivity index (χ0v) is 79.0. The molecular formula is C102H165N13O12. The van der Waals surface area contributed by atoms with Crippen LogP contribution in [0.3, 0.4) is 0 Å². The van der Waals surface area contributed by atoms with Crippen LogP contribution in [-0.4, -0.2) is 272 Å². The van der Waals surface area contributed by atoms with E-state index in [1.807, 2.05) is 121 Å². The summed E-state index contributed by atoms with van der Waals surface area (Å²) in [6.45, 7) is 6.52. The van der Waals surface area contributed by atoms with Gasteiger partial charge in [0.15, 0.2) is 0 Å². The van der Waals surface area contributed by atoms with Gasteiger partial charge < -0.3 is 70.9 Å². The Kier molecular flexibility index (Phi) is 61.5. The van der Waals surface area contributed by atoms with Crippen LogP contribution in [0.1, 0.15) is 275 Å². The van der Waals surface area contributed by atoms with Crippen molar-refractivity contribution in [2.45, 2.75) is 278 Å². The molecule has 0 atom stereocenters. The van der Waals surface area contributed by atoms with Gasteiger partial charge in [0.05, 0.1) is 65.4 Å². The standard InChI is InChI=1S/C102H165N13O12/c1-6-10-14-18-22-26-30-47-67-106(78-92(105)116)94(118)79-107(68-48-31-27-23-19-15-11-7-2)95(119)80-108(69-49-32-28-24-20-16-12-8-3)96(120)81-109(70-50-33-29-25-21-17-13-9-4)97(121)82-110(71-61-88-52-38-34-39-53-88)98(122)84-112(73-63-90-56-42-36-43-57-90)101(125)87-115(76-66-104)102(126)85-113(74-64-91-58-44-37-45-59-91)99(123)83-111(72-62-89-54-40-35-41-55-89)100(124)86-114(75-65-103)93(117)60-46-51-77-127-5/h34-45,52-59H,6-33,46-51,60-87,103-104H2,1-5H3,(H2,105,116). The van der Waals surface area contributed by atoms with Crippen LogP contribution in [0.25, 0.3) is 0 Å². The predicted molar refractivity (Wildman–Crippen MR) is 510 cm³/mol. The first-order valence-corrected chi connectivity index (χ1v) is 48.9. The first-order chi connectivity index (χ1) is 61.8. The summed E-state index contributed by atoms with van der Waals surface area (Å²) < 4.78 is 5.20. The molecule has 4 rings (SSSR count). The van der Waals surface area contributed by atoms with Gasteiger partial charge in [-0.3, -0.25) is 52.7 Å². The van der Waals surface area contributed by atoms with Gasteiger partial charge in [0.1, 0.15) is 0 Å². The van der Waals surface area contributed by atoms with E-state index in [1.165, 1.54) is 58.5 Å². The van der Waals surface area contributed by atoms with Gasteiger partial charge in [0.25, 0.3) is 0 Å². The molecule has 4 aromatic carbocycles. The Morgan fingerprint density at radius 2 is 0.417 bits per heavy atom. The first-order valence-electron chi connectivity index (χ1n) is 48.9. The van der Waals surface area contributed by atoms with Crippen LogP contribution in [0.5, 0.6) is 0 Å². The van der Waals surface area contributed by atoms with Gasteiger partial charge in [-0.05, 0) is 86.5 Å². The normalized spacial score (nSPS) is 11.1. The molecule has 0 unspecified atom stereocenters. The third-order valence-corrected chi connectivity index (χ3v) is 23.8. The highest BCUT2D eigenvalue weighted by Gasteiger charge is 2.33.